The summed E-state index contributed by atoms with van der Waals surface area (Å²) in [6, 6.07) is 6.89. The maximum atomic E-state index is 5.90. The molecule has 0 atom stereocenters. The van der Waals surface area contributed by atoms with Gasteiger partial charge in [-0.3, -0.25) is 0 Å². The second-order valence-corrected chi connectivity index (χ2v) is 6.17. The van der Waals surface area contributed by atoms with E-state index in [-0.39, 0.29) is 0 Å². The van der Waals surface area contributed by atoms with Crippen molar-refractivity contribution in [3.05, 3.63) is 24.0 Å². The molecular weight excluding hydrogens is 234 g/mol. The van der Waals surface area contributed by atoms with Crippen molar-refractivity contribution < 1.29 is 0 Å². The molecule has 2 aromatic rings. The standard InChI is InChI=1S/C16H21N3/c1-2-15-18-13-9-12(17)7-8-14(13)19(15)16(10-3-4-10)11-5-6-11/h7-11,16H,2-6,17H2,1H3. The van der Waals surface area contributed by atoms with Gasteiger partial charge in [-0.05, 0) is 55.7 Å². The molecule has 1 aromatic heterocycles. The molecule has 0 amide bonds. The van der Waals surface area contributed by atoms with Gasteiger partial charge in [0.25, 0.3) is 0 Å². The smallest absolute Gasteiger partial charge is 0.109 e. The molecule has 0 spiro atoms. The molecule has 0 saturated heterocycles. The highest BCUT2D eigenvalue weighted by Crippen LogP contribution is 2.53. The third-order valence-electron chi connectivity index (χ3n) is 4.61. The number of hydrogen-bond donors (Lipinski definition) is 1. The summed E-state index contributed by atoms with van der Waals surface area (Å²) in [6.07, 6.45) is 6.61. The summed E-state index contributed by atoms with van der Waals surface area (Å²) >= 11 is 0. The van der Waals surface area contributed by atoms with E-state index in [0.717, 1.165) is 29.5 Å². The number of rotatable bonds is 4. The van der Waals surface area contributed by atoms with Crippen molar-refractivity contribution in [1.29, 1.82) is 0 Å². The van der Waals surface area contributed by atoms with Gasteiger partial charge in [-0.2, -0.15) is 0 Å². The van der Waals surface area contributed by atoms with Crippen LogP contribution in [0.4, 0.5) is 5.69 Å². The van der Waals surface area contributed by atoms with Crippen LogP contribution < -0.4 is 5.73 Å². The van der Waals surface area contributed by atoms with Crippen LogP contribution in [-0.2, 0) is 6.42 Å². The molecule has 2 aliphatic carbocycles. The Morgan fingerprint density at radius 3 is 2.53 bits per heavy atom. The van der Waals surface area contributed by atoms with E-state index in [1.165, 1.54) is 37.0 Å². The van der Waals surface area contributed by atoms with Gasteiger partial charge in [-0.1, -0.05) is 6.92 Å². The van der Waals surface area contributed by atoms with E-state index >= 15 is 0 Å². The van der Waals surface area contributed by atoms with E-state index in [0.29, 0.717) is 6.04 Å². The lowest BCUT2D eigenvalue weighted by Crippen LogP contribution is -2.16. The third-order valence-corrected chi connectivity index (χ3v) is 4.61. The zero-order valence-electron chi connectivity index (χ0n) is 11.5. The lowest BCUT2D eigenvalue weighted by Gasteiger charge is -2.21. The number of anilines is 1. The lowest BCUT2D eigenvalue weighted by molar-refractivity contribution is 0.393. The summed E-state index contributed by atoms with van der Waals surface area (Å²) in [7, 11) is 0. The van der Waals surface area contributed by atoms with Crippen LogP contribution in [0, 0.1) is 11.8 Å². The van der Waals surface area contributed by atoms with Crippen molar-refractivity contribution in [3.8, 4) is 0 Å². The van der Waals surface area contributed by atoms with Gasteiger partial charge in [0.1, 0.15) is 5.82 Å². The molecule has 3 nitrogen and oxygen atoms in total. The normalized spacial score (nSPS) is 19.5. The Morgan fingerprint density at radius 2 is 1.95 bits per heavy atom. The minimum atomic E-state index is 0.698. The van der Waals surface area contributed by atoms with Crippen LogP contribution in [0.5, 0.6) is 0 Å². The molecule has 2 saturated carbocycles. The van der Waals surface area contributed by atoms with Gasteiger partial charge in [-0.25, -0.2) is 4.98 Å². The van der Waals surface area contributed by atoms with Gasteiger partial charge in [-0.15, -0.1) is 0 Å². The topological polar surface area (TPSA) is 43.8 Å². The molecule has 19 heavy (non-hydrogen) atoms. The molecule has 4 rings (SSSR count). The first-order chi connectivity index (χ1) is 9.28. The SMILES string of the molecule is CCc1nc2cc(N)ccc2n1C(C1CC1)C1CC1. The summed E-state index contributed by atoms with van der Waals surface area (Å²) in [5.74, 6) is 3.03. The van der Waals surface area contributed by atoms with Crippen LogP contribution in [0.1, 0.15) is 44.5 Å². The van der Waals surface area contributed by atoms with Gasteiger partial charge in [0.05, 0.1) is 11.0 Å². The van der Waals surface area contributed by atoms with Crippen LogP contribution in [0.15, 0.2) is 18.2 Å². The van der Waals surface area contributed by atoms with Gasteiger partial charge in [0.2, 0.25) is 0 Å². The number of benzene rings is 1. The van der Waals surface area contributed by atoms with Crippen molar-refractivity contribution in [3.63, 3.8) is 0 Å². The van der Waals surface area contributed by atoms with Gasteiger partial charge >= 0.3 is 0 Å². The second kappa shape index (κ2) is 3.99. The van der Waals surface area contributed by atoms with E-state index in [4.69, 9.17) is 10.7 Å². The highest BCUT2D eigenvalue weighted by molar-refractivity contribution is 5.80. The first kappa shape index (κ1) is 11.3. The fourth-order valence-corrected chi connectivity index (χ4v) is 3.43. The predicted octanol–water partition coefficient (Wildman–Crippen LogP) is 3.54. The minimum absolute atomic E-state index is 0.698. The summed E-state index contributed by atoms with van der Waals surface area (Å²) in [5.41, 5.74) is 9.07. The first-order valence-electron chi connectivity index (χ1n) is 7.54. The van der Waals surface area contributed by atoms with Crippen LogP contribution in [0.2, 0.25) is 0 Å². The first-order valence-corrected chi connectivity index (χ1v) is 7.54. The van der Waals surface area contributed by atoms with E-state index < -0.39 is 0 Å². The quantitative estimate of drug-likeness (QED) is 0.849. The average Bonchev–Trinajstić information content (AvgIpc) is 3.28. The van der Waals surface area contributed by atoms with Crippen molar-refractivity contribution in [2.24, 2.45) is 11.8 Å². The molecule has 0 radical (unpaired) electrons. The zero-order valence-corrected chi connectivity index (χ0v) is 11.5. The zero-order chi connectivity index (χ0) is 13.0. The molecule has 2 fully saturated rings. The number of imidazole rings is 1. The Hall–Kier alpha value is -1.51. The Labute approximate surface area is 113 Å². The number of nitrogens with two attached hydrogens (primary N) is 1. The summed E-state index contributed by atoms with van der Waals surface area (Å²) in [6.45, 7) is 2.21. The van der Waals surface area contributed by atoms with Crippen molar-refractivity contribution >= 4 is 16.7 Å². The summed E-state index contributed by atoms with van der Waals surface area (Å²) in [4.78, 5) is 4.82. The molecule has 1 aromatic carbocycles. The fourth-order valence-electron chi connectivity index (χ4n) is 3.43. The maximum Gasteiger partial charge on any atom is 0.109 e. The number of nitrogen functional groups attached to an aromatic ring is 1. The van der Waals surface area contributed by atoms with E-state index in [9.17, 15) is 0 Å². The number of aryl methyl sites for hydroxylation is 1. The molecule has 2 aliphatic rings. The molecule has 1 heterocycles. The number of aromatic nitrogens is 2. The van der Waals surface area contributed by atoms with Gasteiger partial charge in [0.15, 0.2) is 0 Å². The summed E-state index contributed by atoms with van der Waals surface area (Å²) < 4.78 is 2.55. The van der Waals surface area contributed by atoms with Crippen LogP contribution >= 0.6 is 0 Å². The van der Waals surface area contributed by atoms with Crippen molar-refractivity contribution in [2.45, 2.75) is 45.1 Å². The average molecular weight is 255 g/mol. The van der Waals surface area contributed by atoms with Gasteiger partial charge in [0, 0.05) is 18.2 Å². The van der Waals surface area contributed by atoms with E-state index in [1.807, 2.05) is 12.1 Å². The largest absolute Gasteiger partial charge is 0.399 e. The molecule has 2 N–H and O–H groups in total. The molecule has 0 bridgehead atoms. The highest BCUT2D eigenvalue weighted by Gasteiger charge is 2.43. The minimum Gasteiger partial charge on any atom is -0.399 e. The molecular formula is C16H21N3. The van der Waals surface area contributed by atoms with E-state index in [2.05, 4.69) is 17.6 Å². The number of nitrogens with zero attached hydrogens (tertiary/aromatic N) is 2. The Bertz CT molecular complexity index is 608. The molecule has 0 aliphatic heterocycles. The highest BCUT2D eigenvalue weighted by atomic mass is 15.1. The Morgan fingerprint density at radius 1 is 1.26 bits per heavy atom. The third kappa shape index (κ3) is 1.83. The van der Waals surface area contributed by atoms with Crippen molar-refractivity contribution in [1.82, 2.24) is 9.55 Å². The fraction of sp³-hybridized carbons (Fsp3) is 0.562. The van der Waals surface area contributed by atoms with Crippen LogP contribution in [-0.4, -0.2) is 9.55 Å². The predicted molar refractivity (Wildman–Crippen MR) is 78.0 cm³/mol. The van der Waals surface area contributed by atoms with Crippen LogP contribution in [0.25, 0.3) is 11.0 Å². The van der Waals surface area contributed by atoms with Gasteiger partial charge < -0.3 is 10.3 Å². The monoisotopic (exact) mass is 255 g/mol. The maximum absolute atomic E-state index is 5.90. The molecule has 3 heteroatoms. The molecule has 100 valence electrons. The molecule has 0 unspecified atom stereocenters. The van der Waals surface area contributed by atoms with Crippen molar-refractivity contribution in [2.75, 3.05) is 5.73 Å². The van der Waals surface area contributed by atoms with Crippen LogP contribution in [0.3, 0.4) is 0 Å². The number of hydrogen-bond acceptors (Lipinski definition) is 2. The lowest BCUT2D eigenvalue weighted by atomic mass is 10.1. The Balaban J connectivity index is 1.90. The second-order valence-electron chi connectivity index (χ2n) is 6.17. The summed E-state index contributed by atoms with van der Waals surface area (Å²) in [5, 5.41) is 0. The Kier molecular flexibility index (Phi) is 2.38. The van der Waals surface area contributed by atoms with E-state index in [1.54, 1.807) is 0 Å². The number of fused-ring (bicyclic) bond motifs is 1.